The quantitative estimate of drug-likeness (QED) is 0.840. The zero-order valence-corrected chi connectivity index (χ0v) is 17.1. The maximum atomic E-state index is 12.4. The Morgan fingerprint density at radius 2 is 2.08 bits per heavy atom. The average Bonchev–Trinajstić information content (AvgIpc) is 3.00. The lowest BCUT2D eigenvalue weighted by Gasteiger charge is -2.27. The predicted octanol–water partition coefficient (Wildman–Crippen LogP) is 2.48. The summed E-state index contributed by atoms with van der Waals surface area (Å²) >= 11 is 0. The maximum Gasteiger partial charge on any atom is 0.239 e. The van der Waals surface area contributed by atoms with Crippen LogP contribution in [0, 0.1) is 0 Å². The van der Waals surface area contributed by atoms with Gasteiger partial charge in [0.25, 0.3) is 0 Å². The predicted molar refractivity (Wildman–Crippen MR) is 110 cm³/mol. The second-order valence-corrected chi connectivity index (χ2v) is 8.45. The van der Waals surface area contributed by atoms with Crippen LogP contribution < -0.4 is 15.5 Å². The van der Waals surface area contributed by atoms with E-state index in [1.165, 1.54) is 5.56 Å². The molecule has 6 heteroatoms. The fourth-order valence-electron chi connectivity index (χ4n) is 3.46. The second-order valence-electron chi connectivity index (χ2n) is 7.87. The summed E-state index contributed by atoms with van der Waals surface area (Å²) in [6, 6.07) is 5.86. The zero-order chi connectivity index (χ0) is 18.9. The molecular weight excluding hydrogens is 343 g/mol. The van der Waals surface area contributed by atoms with E-state index in [1.54, 1.807) is 6.20 Å². The Bertz CT molecular complexity index is 815. The normalized spacial score (nSPS) is 13.4. The topological polar surface area (TPSA) is 58.1 Å². The highest BCUT2D eigenvalue weighted by molar-refractivity contribution is 7.28. The molecule has 3 rings (SSSR count). The third kappa shape index (κ3) is 4.04. The molecule has 0 bridgehead atoms. The lowest BCUT2D eigenvalue weighted by Crippen LogP contribution is -2.45. The lowest BCUT2D eigenvalue weighted by atomic mass is 10.1. The van der Waals surface area contributed by atoms with Gasteiger partial charge in [0.15, 0.2) is 0 Å². The fourth-order valence-corrected chi connectivity index (χ4v) is 4.07. The molecule has 1 N–H and O–H groups in total. The molecule has 2 aromatic heterocycles. The van der Waals surface area contributed by atoms with Gasteiger partial charge in [-0.25, -0.2) is 0 Å². The first-order chi connectivity index (χ1) is 12.3. The van der Waals surface area contributed by atoms with Crippen LogP contribution in [-0.2, 0) is 17.6 Å². The molecule has 1 unspecified atom stereocenters. The first-order valence-corrected chi connectivity index (χ1v) is 9.59. The van der Waals surface area contributed by atoms with Crippen LogP contribution in [0.4, 0.5) is 5.69 Å². The van der Waals surface area contributed by atoms with Crippen molar-refractivity contribution < 1.29 is 4.79 Å². The molecule has 138 valence electrons. The van der Waals surface area contributed by atoms with Crippen molar-refractivity contribution >= 4 is 26.1 Å². The van der Waals surface area contributed by atoms with E-state index >= 15 is 0 Å². The molecular formula is C20H27N4OP. The van der Waals surface area contributed by atoms with Crippen molar-refractivity contribution in [3.8, 4) is 11.4 Å². The first-order valence-electron chi connectivity index (χ1n) is 9.01. The van der Waals surface area contributed by atoms with Crippen molar-refractivity contribution in [2.75, 3.05) is 18.5 Å². The van der Waals surface area contributed by atoms with E-state index in [-0.39, 0.29) is 11.4 Å². The summed E-state index contributed by atoms with van der Waals surface area (Å²) in [5.41, 5.74) is 5.01. The molecule has 1 aliphatic rings. The fraction of sp³-hybridized carbons (Fsp3) is 0.450. The van der Waals surface area contributed by atoms with E-state index in [4.69, 9.17) is 4.98 Å². The minimum atomic E-state index is -0.235. The summed E-state index contributed by atoms with van der Waals surface area (Å²) in [5, 5.41) is 4.05. The number of rotatable bonds is 4. The average molecular weight is 370 g/mol. The van der Waals surface area contributed by atoms with Crippen LogP contribution in [0.15, 0.2) is 24.4 Å². The van der Waals surface area contributed by atoms with Gasteiger partial charge in [0.2, 0.25) is 5.91 Å². The van der Waals surface area contributed by atoms with Gasteiger partial charge < -0.3 is 10.2 Å². The Kier molecular flexibility index (Phi) is 5.29. The van der Waals surface area contributed by atoms with Gasteiger partial charge >= 0.3 is 0 Å². The number of aromatic nitrogens is 2. The third-order valence-corrected chi connectivity index (χ3v) is 4.96. The molecule has 0 fully saturated rings. The summed E-state index contributed by atoms with van der Waals surface area (Å²) in [6.07, 6.45) is 4.88. The summed E-state index contributed by atoms with van der Waals surface area (Å²) < 4.78 is 0. The molecule has 0 radical (unpaired) electrons. The van der Waals surface area contributed by atoms with E-state index < -0.39 is 0 Å². The van der Waals surface area contributed by atoms with Gasteiger partial charge in [0, 0.05) is 29.8 Å². The maximum absolute atomic E-state index is 12.4. The van der Waals surface area contributed by atoms with Crippen molar-refractivity contribution in [2.45, 2.75) is 45.6 Å². The van der Waals surface area contributed by atoms with Gasteiger partial charge in [0.05, 0.1) is 23.6 Å². The third-order valence-electron chi connectivity index (χ3n) is 4.42. The number of carbonyl (C=O) groups is 1. The van der Waals surface area contributed by atoms with Crippen LogP contribution in [0.25, 0.3) is 11.4 Å². The van der Waals surface area contributed by atoms with Gasteiger partial charge in [-0.1, -0.05) is 6.07 Å². The minimum Gasteiger partial charge on any atom is -0.364 e. The molecule has 0 spiro atoms. The van der Waals surface area contributed by atoms with Crippen molar-refractivity contribution in [3.63, 3.8) is 0 Å². The molecule has 2 aromatic rings. The van der Waals surface area contributed by atoms with Gasteiger partial charge in [-0.15, -0.1) is 9.24 Å². The van der Waals surface area contributed by atoms with E-state index in [9.17, 15) is 4.79 Å². The molecule has 26 heavy (non-hydrogen) atoms. The van der Waals surface area contributed by atoms with Crippen LogP contribution in [0.1, 0.15) is 38.4 Å². The number of fused-ring (bicyclic) bond motifs is 1. The van der Waals surface area contributed by atoms with Crippen LogP contribution in [0.2, 0.25) is 0 Å². The Morgan fingerprint density at radius 3 is 2.73 bits per heavy atom. The Labute approximate surface area is 157 Å². The molecule has 0 aromatic carbocycles. The summed E-state index contributed by atoms with van der Waals surface area (Å²) in [7, 11) is 4.80. The van der Waals surface area contributed by atoms with Gasteiger partial charge in [-0.3, -0.25) is 14.8 Å². The van der Waals surface area contributed by atoms with Crippen LogP contribution >= 0.6 is 9.24 Å². The summed E-state index contributed by atoms with van der Waals surface area (Å²) in [6.45, 7) is 6.30. The largest absolute Gasteiger partial charge is 0.364 e. The number of pyridine rings is 2. The summed E-state index contributed by atoms with van der Waals surface area (Å²) in [5.74, 6) is 0.0207. The Hall–Kier alpha value is -2.00. The number of likely N-dealkylation sites (N-methyl/N-ethyl adjacent to an activating group) is 1. The molecule has 5 nitrogen and oxygen atoms in total. The van der Waals surface area contributed by atoms with E-state index in [0.717, 1.165) is 47.3 Å². The number of nitrogens with zero attached hydrogens (tertiary/aromatic N) is 3. The summed E-state index contributed by atoms with van der Waals surface area (Å²) in [4.78, 5) is 23.8. The number of amides is 1. The smallest absolute Gasteiger partial charge is 0.239 e. The van der Waals surface area contributed by atoms with Crippen molar-refractivity contribution in [1.82, 2.24) is 15.3 Å². The highest BCUT2D eigenvalue weighted by Crippen LogP contribution is 2.33. The lowest BCUT2D eigenvalue weighted by molar-refractivity contribution is -0.121. The minimum absolute atomic E-state index is 0.0207. The highest BCUT2D eigenvalue weighted by Gasteiger charge is 2.25. The monoisotopic (exact) mass is 370 g/mol. The molecule has 1 aliphatic carbocycles. The molecule has 0 aliphatic heterocycles. The SMILES string of the molecule is CN(CC(=O)NC(C)(C)C)c1c(P)c(-c2ccccn2)nc2c1CCC2. The number of aryl methyl sites for hydroxylation is 1. The molecule has 0 saturated heterocycles. The number of anilines is 1. The van der Waals surface area contributed by atoms with Crippen LogP contribution in [-0.4, -0.2) is 35.0 Å². The standard InChI is InChI=1S/C20H27N4OP/c1-20(2,3)23-16(25)12-24(4)18-13-8-7-10-14(13)22-17(19(18)26)15-9-5-6-11-21-15/h5-6,9,11H,7-8,10,12,26H2,1-4H3,(H,23,25). The number of carbonyl (C=O) groups excluding carboxylic acids is 1. The van der Waals surface area contributed by atoms with Crippen molar-refractivity contribution in [3.05, 3.63) is 35.7 Å². The van der Waals surface area contributed by atoms with E-state index in [1.807, 2.05) is 50.9 Å². The molecule has 0 saturated carbocycles. The van der Waals surface area contributed by atoms with Gasteiger partial charge in [0.1, 0.15) is 0 Å². The van der Waals surface area contributed by atoms with Crippen molar-refractivity contribution in [1.29, 1.82) is 0 Å². The Morgan fingerprint density at radius 1 is 1.31 bits per heavy atom. The number of hydrogen-bond donors (Lipinski definition) is 1. The molecule has 2 heterocycles. The van der Waals surface area contributed by atoms with Gasteiger partial charge in [-0.05, 0) is 57.7 Å². The van der Waals surface area contributed by atoms with Crippen molar-refractivity contribution in [2.24, 2.45) is 0 Å². The highest BCUT2D eigenvalue weighted by atomic mass is 31.0. The zero-order valence-electron chi connectivity index (χ0n) is 16.0. The Balaban J connectivity index is 1.98. The molecule has 1 amide bonds. The second kappa shape index (κ2) is 7.32. The van der Waals surface area contributed by atoms with Gasteiger partial charge in [-0.2, -0.15) is 0 Å². The molecule has 1 atom stereocenters. The number of nitrogens with one attached hydrogen (secondary N) is 1. The van der Waals surface area contributed by atoms with Crippen LogP contribution in [0.5, 0.6) is 0 Å². The van der Waals surface area contributed by atoms with E-state index in [0.29, 0.717) is 6.54 Å². The first kappa shape index (κ1) is 18.8. The van der Waals surface area contributed by atoms with Crippen LogP contribution in [0.3, 0.4) is 0 Å². The van der Waals surface area contributed by atoms with E-state index in [2.05, 4.69) is 19.5 Å². The number of hydrogen-bond acceptors (Lipinski definition) is 4.